The lowest BCUT2D eigenvalue weighted by atomic mass is 10.0. The minimum absolute atomic E-state index is 0.106. The van der Waals surface area contributed by atoms with Gasteiger partial charge in [0.25, 0.3) is 5.91 Å². The fraction of sp³-hybridized carbons (Fsp3) is 0.348. The molecule has 0 bridgehead atoms. The van der Waals surface area contributed by atoms with Crippen LogP contribution in [-0.2, 0) is 9.53 Å². The van der Waals surface area contributed by atoms with E-state index >= 15 is 0 Å². The highest BCUT2D eigenvalue weighted by Crippen LogP contribution is 2.15. The third-order valence-corrected chi connectivity index (χ3v) is 4.97. The Bertz CT molecular complexity index is 821. The van der Waals surface area contributed by atoms with Gasteiger partial charge in [-0.1, -0.05) is 55.3 Å². The van der Waals surface area contributed by atoms with Gasteiger partial charge in [0.05, 0.1) is 5.56 Å². The number of amides is 1. The van der Waals surface area contributed by atoms with E-state index in [0.717, 1.165) is 38.8 Å². The van der Waals surface area contributed by atoms with Gasteiger partial charge in [-0.3, -0.25) is 9.59 Å². The summed E-state index contributed by atoms with van der Waals surface area (Å²) in [6.45, 7) is 3.05. The molecule has 0 aliphatic carbocycles. The van der Waals surface area contributed by atoms with Crippen molar-refractivity contribution in [2.24, 2.45) is 0 Å². The summed E-state index contributed by atoms with van der Waals surface area (Å²) in [4.78, 5) is 39.1. The number of carbonyl (C=O) groups excluding carboxylic acids is 3. The van der Waals surface area contributed by atoms with Gasteiger partial charge in [0.2, 0.25) is 0 Å². The average Bonchev–Trinajstić information content (AvgIpc) is 3.03. The van der Waals surface area contributed by atoms with Crippen molar-refractivity contribution in [3.8, 4) is 0 Å². The van der Waals surface area contributed by atoms with E-state index in [1.165, 1.54) is 0 Å². The molecule has 5 nitrogen and oxygen atoms in total. The number of ether oxygens (including phenoxy) is 1. The van der Waals surface area contributed by atoms with Gasteiger partial charge in [0.1, 0.15) is 0 Å². The molecule has 2 aromatic carbocycles. The molecule has 0 N–H and O–H groups in total. The van der Waals surface area contributed by atoms with Crippen molar-refractivity contribution in [2.75, 3.05) is 13.1 Å². The fourth-order valence-electron chi connectivity index (χ4n) is 3.34. The number of likely N-dealkylation sites (tertiary alicyclic amines) is 1. The summed E-state index contributed by atoms with van der Waals surface area (Å²) in [7, 11) is 0. The lowest BCUT2D eigenvalue weighted by molar-refractivity contribution is -0.139. The Morgan fingerprint density at radius 3 is 1.93 bits per heavy atom. The zero-order valence-electron chi connectivity index (χ0n) is 16.1. The predicted octanol–water partition coefficient (Wildman–Crippen LogP) is 3.87. The molecule has 0 radical (unpaired) electrons. The maximum Gasteiger partial charge on any atom is 0.338 e. The van der Waals surface area contributed by atoms with Crippen molar-refractivity contribution in [3.05, 3.63) is 71.3 Å². The van der Waals surface area contributed by atoms with Crippen LogP contribution in [0.15, 0.2) is 54.6 Å². The van der Waals surface area contributed by atoms with Crippen molar-refractivity contribution in [3.63, 3.8) is 0 Å². The van der Waals surface area contributed by atoms with Crippen LogP contribution in [0.5, 0.6) is 0 Å². The smallest absolute Gasteiger partial charge is 0.338 e. The summed E-state index contributed by atoms with van der Waals surface area (Å²) in [5.41, 5.74) is 1.41. The van der Waals surface area contributed by atoms with Crippen LogP contribution in [0.4, 0.5) is 0 Å². The van der Waals surface area contributed by atoms with Crippen LogP contribution >= 0.6 is 0 Å². The quantitative estimate of drug-likeness (QED) is 0.584. The number of hydrogen-bond donors (Lipinski definition) is 0. The standard InChI is InChI=1S/C23H25NO4/c1-17(22(26)24-15-7-2-3-8-16-24)28-23(27)20-13-11-19(12-14-20)21(25)18-9-5-4-6-10-18/h4-6,9-14,17H,2-3,7-8,15-16H2,1H3/t17-/m0/s1. The van der Waals surface area contributed by atoms with E-state index in [2.05, 4.69) is 0 Å². The lowest BCUT2D eigenvalue weighted by Crippen LogP contribution is -2.40. The molecule has 146 valence electrons. The average molecular weight is 379 g/mol. The van der Waals surface area contributed by atoms with Crippen LogP contribution in [0.25, 0.3) is 0 Å². The second-order valence-electron chi connectivity index (χ2n) is 7.06. The number of ketones is 1. The van der Waals surface area contributed by atoms with Gasteiger partial charge in [-0.05, 0) is 31.9 Å². The molecule has 1 atom stereocenters. The first kappa shape index (κ1) is 19.8. The number of rotatable bonds is 5. The SMILES string of the molecule is C[C@H](OC(=O)c1ccc(C(=O)c2ccccc2)cc1)C(=O)N1CCCCCC1. The molecule has 1 saturated heterocycles. The van der Waals surface area contributed by atoms with Gasteiger partial charge in [0.15, 0.2) is 11.9 Å². The molecular weight excluding hydrogens is 354 g/mol. The molecule has 1 aliphatic rings. The van der Waals surface area contributed by atoms with Crippen LogP contribution in [0, 0.1) is 0 Å². The summed E-state index contributed by atoms with van der Waals surface area (Å²) in [5.74, 6) is -0.814. The van der Waals surface area contributed by atoms with E-state index in [-0.39, 0.29) is 11.7 Å². The molecule has 5 heteroatoms. The van der Waals surface area contributed by atoms with E-state index in [9.17, 15) is 14.4 Å². The Morgan fingerprint density at radius 1 is 0.786 bits per heavy atom. The highest BCUT2D eigenvalue weighted by molar-refractivity contribution is 6.09. The number of hydrogen-bond acceptors (Lipinski definition) is 4. The number of benzene rings is 2. The summed E-state index contributed by atoms with van der Waals surface area (Å²) >= 11 is 0. The molecule has 0 saturated carbocycles. The zero-order chi connectivity index (χ0) is 19.9. The second-order valence-corrected chi connectivity index (χ2v) is 7.06. The summed E-state index contributed by atoms with van der Waals surface area (Å²) in [5, 5.41) is 0. The summed E-state index contributed by atoms with van der Waals surface area (Å²) in [6.07, 6.45) is 3.42. The van der Waals surface area contributed by atoms with Crippen molar-refractivity contribution in [1.29, 1.82) is 0 Å². The van der Waals surface area contributed by atoms with Crippen LogP contribution in [0.3, 0.4) is 0 Å². The van der Waals surface area contributed by atoms with Gasteiger partial charge >= 0.3 is 5.97 Å². The number of nitrogens with zero attached hydrogens (tertiary/aromatic N) is 1. The van der Waals surface area contributed by atoms with E-state index in [0.29, 0.717) is 16.7 Å². The van der Waals surface area contributed by atoms with Gasteiger partial charge in [-0.15, -0.1) is 0 Å². The monoisotopic (exact) mass is 379 g/mol. The molecule has 1 aliphatic heterocycles. The first-order valence-corrected chi connectivity index (χ1v) is 9.76. The molecule has 0 unspecified atom stereocenters. The number of esters is 1. The van der Waals surface area contributed by atoms with Crippen LogP contribution in [-0.4, -0.2) is 41.8 Å². The Kier molecular flexibility index (Phi) is 6.58. The first-order valence-electron chi connectivity index (χ1n) is 9.76. The molecular formula is C23H25NO4. The third-order valence-electron chi connectivity index (χ3n) is 4.97. The summed E-state index contributed by atoms with van der Waals surface area (Å²) in [6, 6.07) is 15.3. The molecule has 0 spiro atoms. The van der Waals surface area contributed by atoms with E-state index in [4.69, 9.17) is 4.74 Å². The molecule has 0 aromatic heterocycles. The minimum atomic E-state index is -0.823. The minimum Gasteiger partial charge on any atom is -0.449 e. The van der Waals surface area contributed by atoms with E-state index < -0.39 is 12.1 Å². The van der Waals surface area contributed by atoms with Crippen LogP contribution < -0.4 is 0 Å². The molecule has 1 heterocycles. The highest BCUT2D eigenvalue weighted by Gasteiger charge is 2.25. The maximum atomic E-state index is 12.5. The largest absolute Gasteiger partial charge is 0.449 e. The third kappa shape index (κ3) is 4.85. The van der Waals surface area contributed by atoms with Crippen molar-refractivity contribution in [2.45, 2.75) is 38.7 Å². The Balaban J connectivity index is 1.61. The Hall–Kier alpha value is -2.95. The number of carbonyl (C=O) groups is 3. The van der Waals surface area contributed by atoms with Gasteiger partial charge in [-0.2, -0.15) is 0 Å². The molecule has 2 aromatic rings. The van der Waals surface area contributed by atoms with Crippen LogP contribution in [0.1, 0.15) is 58.9 Å². The topological polar surface area (TPSA) is 63.7 Å². The van der Waals surface area contributed by atoms with Crippen molar-refractivity contribution >= 4 is 17.7 Å². The van der Waals surface area contributed by atoms with Crippen molar-refractivity contribution in [1.82, 2.24) is 4.90 Å². The second kappa shape index (κ2) is 9.31. The zero-order valence-corrected chi connectivity index (χ0v) is 16.1. The van der Waals surface area contributed by atoms with Gasteiger partial charge in [0, 0.05) is 24.2 Å². The van der Waals surface area contributed by atoms with E-state index in [1.807, 2.05) is 18.2 Å². The van der Waals surface area contributed by atoms with Gasteiger partial charge in [-0.25, -0.2) is 4.79 Å². The molecule has 28 heavy (non-hydrogen) atoms. The maximum absolute atomic E-state index is 12.5. The van der Waals surface area contributed by atoms with Crippen molar-refractivity contribution < 1.29 is 19.1 Å². The first-order chi connectivity index (χ1) is 13.6. The Morgan fingerprint density at radius 2 is 1.32 bits per heavy atom. The van der Waals surface area contributed by atoms with E-state index in [1.54, 1.807) is 48.2 Å². The highest BCUT2D eigenvalue weighted by atomic mass is 16.5. The molecule has 1 amide bonds. The Labute approximate surface area is 165 Å². The predicted molar refractivity (Wildman–Crippen MR) is 106 cm³/mol. The lowest BCUT2D eigenvalue weighted by Gasteiger charge is -2.24. The normalized spacial score (nSPS) is 15.4. The fourth-order valence-corrected chi connectivity index (χ4v) is 3.34. The van der Waals surface area contributed by atoms with Crippen LogP contribution in [0.2, 0.25) is 0 Å². The molecule has 1 fully saturated rings. The molecule has 3 rings (SSSR count). The van der Waals surface area contributed by atoms with Gasteiger partial charge < -0.3 is 9.64 Å². The summed E-state index contributed by atoms with van der Waals surface area (Å²) < 4.78 is 5.36.